The Bertz CT molecular complexity index is 1400. The molecule has 0 N–H and O–H groups in total. The van der Waals surface area contributed by atoms with Crippen molar-refractivity contribution in [1.29, 1.82) is 5.26 Å². The average Bonchev–Trinajstić information content (AvgIpc) is 3.58. The van der Waals surface area contributed by atoms with Gasteiger partial charge in [0.25, 0.3) is 5.56 Å². The molecule has 5 rings (SSSR count). The summed E-state index contributed by atoms with van der Waals surface area (Å²) in [4.78, 5) is 17.3. The Morgan fingerprint density at radius 3 is 2.43 bits per heavy atom. The molecule has 30 heavy (non-hydrogen) atoms. The van der Waals surface area contributed by atoms with Gasteiger partial charge in [-0.1, -0.05) is 12.1 Å². The van der Waals surface area contributed by atoms with Crippen molar-refractivity contribution in [3.05, 3.63) is 87.8 Å². The van der Waals surface area contributed by atoms with Gasteiger partial charge in [-0.15, -0.1) is 0 Å². The molecule has 2 aromatic heterocycles. The Hall–Kier alpha value is -3.92. The molecule has 0 radical (unpaired) electrons. The second-order valence-electron chi connectivity index (χ2n) is 7.28. The first-order valence-electron chi connectivity index (χ1n) is 9.44. The van der Waals surface area contributed by atoms with Crippen LogP contribution in [0.25, 0.3) is 28.0 Å². The van der Waals surface area contributed by atoms with Gasteiger partial charge in [0.15, 0.2) is 5.65 Å². The number of hydrogen-bond donors (Lipinski definition) is 0. The van der Waals surface area contributed by atoms with Crippen LogP contribution in [0.2, 0.25) is 0 Å². The number of benzene rings is 2. The highest BCUT2D eigenvalue weighted by molar-refractivity contribution is 5.72. The maximum atomic E-state index is 14.5. The predicted octanol–water partition coefficient (Wildman–Crippen LogP) is 4.45. The van der Waals surface area contributed by atoms with Crippen LogP contribution in [-0.2, 0) is 0 Å². The molecule has 2 heterocycles. The summed E-state index contributed by atoms with van der Waals surface area (Å²) in [6, 6.07) is 15.2. The van der Waals surface area contributed by atoms with Crippen LogP contribution >= 0.6 is 0 Å². The predicted molar refractivity (Wildman–Crippen MR) is 107 cm³/mol. The molecule has 1 saturated carbocycles. The molecule has 5 nitrogen and oxygen atoms in total. The van der Waals surface area contributed by atoms with Crippen LogP contribution in [0.3, 0.4) is 0 Å². The third-order valence-corrected chi connectivity index (χ3v) is 5.17. The van der Waals surface area contributed by atoms with Crippen LogP contribution in [0.1, 0.15) is 30.0 Å². The fraction of sp³-hybridized carbons (Fsp3) is 0.130. The topological polar surface area (TPSA) is 71.0 Å². The van der Waals surface area contributed by atoms with Crippen molar-refractivity contribution in [3.63, 3.8) is 0 Å². The van der Waals surface area contributed by atoms with E-state index in [2.05, 4.69) is 10.1 Å². The number of rotatable bonds is 3. The summed E-state index contributed by atoms with van der Waals surface area (Å²) in [6.07, 6.45) is 1.81. The highest BCUT2D eigenvalue weighted by Gasteiger charge is 2.30. The Labute approximate surface area is 169 Å². The zero-order valence-electron chi connectivity index (χ0n) is 15.6. The lowest BCUT2D eigenvalue weighted by Gasteiger charge is -2.12. The van der Waals surface area contributed by atoms with Gasteiger partial charge in [0.05, 0.1) is 23.0 Å². The van der Waals surface area contributed by atoms with Crippen molar-refractivity contribution >= 4 is 5.65 Å². The van der Waals surface area contributed by atoms with E-state index in [0.717, 1.165) is 18.9 Å². The summed E-state index contributed by atoms with van der Waals surface area (Å²) in [5.74, 6) is -1.21. The first-order valence-corrected chi connectivity index (χ1v) is 9.44. The maximum Gasteiger partial charge on any atom is 0.275 e. The molecule has 0 bridgehead atoms. The van der Waals surface area contributed by atoms with Gasteiger partial charge in [-0.3, -0.25) is 4.79 Å². The lowest BCUT2D eigenvalue weighted by Crippen LogP contribution is -2.19. The van der Waals surface area contributed by atoms with E-state index in [-0.39, 0.29) is 22.7 Å². The molecular weight excluding hydrogens is 386 g/mol. The Balaban J connectivity index is 1.73. The number of aromatic nitrogens is 3. The van der Waals surface area contributed by atoms with E-state index < -0.39 is 11.6 Å². The van der Waals surface area contributed by atoms with Crippen LogP contribution in [0.5, 0.6) is 0 Å². The Kier molecular flexibility index (Phi) is 4.14. The molecule has 0 amide bonds. The normalized spacial score (nSPS) is 13.4. The van der Waals surface area contributed by atoms with Crippen LogP contribution in [0.15, 0.2) is 59.4 Å². The second kappa shape index (κ2) is 6.85. The minimum Gasteiger partial charge on any atom is -0.267 e. The molecular formula is C23H14F2N4O. The van der Waals surface area contributed by atoms with Crippen molar-refractivity contribution in [2.45, 2.75) is 18.8 Å². The van der Waals surface area contributed by atoms with Crippen molar-refractivity contribution in [3.8, 4) is 28.5 Å². The van der Waals surface area contributed by atoms with Crippen molar-refractivity contribution in [2.75, 3.05) is 0 Å². The minimum absolute atomic E-state index is 0.138. The summed E-state index contributed by atoms with van der Waals surface area (Å²) >= 11 is 0. The zero-order valence-corrected chi connectivity index (χ0v) is 15.6. The summed E-state index contributed by atoms with van der Waals surface area (Å²) in [5.41, 5.74) is 2.87. The van der Waals surface area contributed by atoms with Gasteiger partial charge in [-0.05, 0) is 43.2 Å². The number of fused-ring (bicyclic) bond motifs is 1. The van der Waals surface area contributed by atoms with Gasteiger partial charge >= 0.3 is 0 Å². The third-order valence-electron chi connectivity index (χ3n) is 5.17. The molecule has 7 heteroatoms. The molecule has 1 aliphatic carbocycles. The van der Waals surface area contributed by atoms with E-state index >= 15 is 0 Å². The first-order chi connectivity index (χ1) is 14.5. The molecule has 0 saturated heterocycles. The molecule has 2 aromatic carbocycles. The van der Waals surface area contributed by atoms with E-state index in [1.54, 1.807) is 30.3 Å². The van der Waals surface area contributed by atoms with E-state index in [9.17, 15) is 13.6 Å². The number of hydrogen-bond acceptors (Lipinski definition) is 4. The molecule has 0 aliphatic heterocycles. The van der Waals surface area contributed by atoms with Crippen molar-refractivity contribution in [2.24, 2.45) is 0 Å². The summed E-state index contributed by atoms with van der Waals surface area (Å²) in [7, 11) is 0. The van der Waals surface area contributed by atoms with Gasteiger partial charge in [0.1, 0.15) is 11.6 Å². The molecule has 1 fully saturated rings. The van der Waals surface area contributed by atoms with E-state index in [1.165, 1.54) is 22.7 Å². The molecule has 146 valence electrons. The smallest absolute Gasteiger partial charge is 0.267 e. The Morgan fingerprint density at radius 1 is 1.00 bits per heavy atom. The third kappa shape index (κ3) is 3.12. The quantitative estimate of drug-likeness (QED) is 0.509. The monoisotopic (exact) mass is 400 g/mol. The fourth-order valence-electron chi connectivity index (χ4n) is 3.50. The second-order valence-corrected chi connectivity index (χ2v) is 7.28. The zero-order chi connectivity index (χ0) is 20.8. The van der Waals surface area contributed by atoms with Gasteiger partial charge in [-0.25, -0.2) is 13.8 Å². The molecule has 0 spiro atoms. The standard InChI is InChI=1S/C23H14F2N4O/c24-16-7-8-17(19(25)9-16)18-10-21-27-20(14-3-1-13(12-26)2-4-14)11-22(30)29(21)28-23(18)15-5-6-15/h1-4,7-11,15H,5-6H2. The average molecular weight is 400 g/mol. The SMILES string of the molecule is N#Cc1ccc(-c2cc(=O)n3nc(C4CC4)c(-c4ccc(F)cc4F)cc3n2)cc1. The van der Waals surface area contributed by atoms with Gasteiger partial charge < -0.3 is 0 Å². The molecule has 0 unspecified atom stereocenters. The lowest BCUT2D eigenvalue weighted by atomic mass is 10.0. The van der Waals surface area contributed by atoms with Crippen LogP contribution in [0, 0.1) is 23.0 Å². The van der Waals surface area contributed by atoms with E-state index in [0.29, 0.717) is 28.1 Å². The fourth-order valence-corrected chi connectivity index (χ4v) is 3.50. The van der Waals surface area contributed by atoms with E-state index in [4.69, 9.17) is 5.26 Å². The number of halogens is 2. The van der Waals surface area contributed by atoms with E-state index in [1.807, 2.05) is 6.07 Å². The minimum atomic E-state index is -0.686. The maximum absolute atomic E-state index is 14.5. The summed E-state index contributed by atoms with van der Waals surface area (Å²) < 4.78 is 29.1. The lowest BCUT2D eigenvalue weighted by molar-refractivity contribution is 0.585. The molecule has 1 aliphatic rings. The van der Waals surface area contributed by atoms with Crippen molar-refractivity contribution in [1.82, 2.24) is 14.6 Å². The Morgan fingerprint density at radius 2 is 1.77 bits per heavy atom. The van der Waals surface area contributed by atoms with Crippen LogP contribution in [-0.4, -0.2) is 14.6 Å². The highest BCUT2D eigenvalue weighted by Crippen LogP contribution is 2.43. The first kappa shape index (κ1) is 18.1. The van der Waals surface area contributed by atoms with Gasteiger partial charge in [0, 0.05) is 34.7 Å². The molecule has 0 atom stereocenters. The number of nitrogens with zero attached hydrogens (tertiary/aromatic N) is 4. The summed E-state index contributed by atoms with van der Waals surface area (Å²) in [6.45, 7) is 0. The summed E-state index contributed by atoms with van der Waals surface area (Å²) in [5, 5.41) is 13.4. The molecule has 4 aromatic rings. The largest absolute Gasteiger partial charge is 0.275 e. The van der Waals surface area contributed by atoms with Gasteiger partial charge in [-0.2, -0.15) is 14.9 Å². The van der Waals surface area contributed by atoms with Crippen LogP contribution < -0.4 is 5.56 Å². The van der Waals surface area contributed by atoms with Crippen LogP contribution in [0.4, 0.5) is 8.78 Å². The van der Waals surface area contributed by atoms with Crippen molar-refractivity contribution < 1.29 is 8.78 Å². The highest BCUT2D eigenvalue weighted by atomic mass is 19.1. The number of nitriles is 1. The van der Waals surface area contributed by atoms with Gasteiger partial charge in [0.2, 0.25) is 0 Å².